The van der Waals surface area contributed by atoms with E-state index < -0.39 is 0 Å². The van der Waals surface area contributed by atoms with Gasteiger partial charge in [0.1, 0.15) is 0 Å². The van der Waals surface area contributed by atoms with Gasteiger partial charge < -0.3 is 0 Å². The Labute approximate surface area is 94.9 Å². The third-order valence-electron chi connectivity index (χ3n) is 1.86. The summed E-state index contributed by atoms with van der Waals surface area (Å²) in [5, 5.41) is 0.223. The smallest absolute Gasteiger partial charge is 0.194 e. The third kappa shape index (κ3) is 2.45. The van der Waals surface area contributed by atoms with Crippen LogP contribution >= 0.6 is 27.7 Å². The summed E-state index contributed by atoms with van der Waals surface area (Å²) < 4.78 is 1.04. The number of carbonyl (C=O) groups is 1. The lowest BCUT2D eigenvalue weighted by Crippen LogP contribution is -1.93. The van der Waals surface area contributed by atoms with Gasteiger partial charge in [-0.05, 0) is 24.3 Å². The summed E-state index contributed by atoms with van der Waals surface area (Å²) in [4.78, 5) is 15.4. The van der Waals surface area contributed by atoms with E-state index in [-0.39, 0.29) is 5.12 Å². The normalized spacial score (nSPS) is 19.2. The van der Waals surface area contributed by atoms with Gasteiger partial charge in [0.2, 0.25) is 0 Å². The summed E-state index contributed by atoms with van der Waals surface area (Å²) >= 11 is 4.71. The van der Waals surface area contributed by atoms with Gasteiger partial charge in [0.15, 0.2) is 5.12 Å². The van der Waals surface area contributed by atoms with E-state index in [1.165, 1.54) is 11.8 Å². The molecule has 1 aliphatic rings. The molecule has 1 aliphatic heterocycles. The Morgan fingerprint density at radius 1 is 1.29 bits per heavy atom. The van der Waals surface area contributed by atoms with Crippen molar-refractivity contribution in [1.82, 2.24) is 0 Å². The van der Waals surface area contributed by atoms with E-state index in [1.54, 1.807) is 0 Å². The van der Waals surface area contributed by atoms with E-state index in [9.17, 15) is 4.79 Å². The first-order valence-electron chi connectivity index (χ1n) is 4.22. The standard InChI is InChI=1S/C10H8BrNOS/c11-7-1-3-8(4-2-7)12-9-5-10(13)14-6-9/h1-4H,5-6H2. The molecule has 0 spiro atoms. The van der Waals surface area contributed by atoms with Crippen LogP contribution in [-0.2, 0) is 4.79 Å². The number of halogens is 1. The second kappa shape index (κ2) is 4.28. The lowest BCUT2D eigenvalue weighted by molar-refractivity contribution is -0.109. The number of hydrogen-bond donors (Lipinski definition) is 0. The fraction of sp³-hybridized carbons (Fsp3) is 0.200. The summed E-state index contributed by atoms with van der Waals surface area (Å²) in [5.41, 5.74) is 1.89. The first kappa shape index (κ1) is 9.93. The van der Waals surface area contributed by atoms with Crippen LogP contribution in [0.1, 0.15) is 6.42 Å². The number of nitrogens with zero attached hydrogens (tertiary/aromatic N) is 1. The van der Waals surface area contributed by atoms with Crippen LogP contribution in [0.15, 0.2) is 33.7 Å². The van der Waals surface area contributed by atoms with Gasteiger partial charge in [-0.15, -0.1) is 0 Å². The molecule has 0 N–H and O–H groups in total. The van der Waals surface area contributed by atoms with Crippen molar-refractivity contribution < 1.29 is 4.79 Å². The monoisotopic (exact) mass is 269 g/mol. The predicted molar refractivity (Wildman–Crippen MR) is 63.3 cm³/mol. The maximum absolute atomic E-state index is 11.0. The second-order valence-electron chi connectivity index (χ2n) is 2.99. The molecule has 14 heavy (non-hydrogen) atoms. The molecule has 1 aromatic carbocycles. The van der Waals surface area contributed by atoms with E-state index in [0.717, 1.165) is 21.6 Å². The molecule has 1 heterocycles. The Morgan fingerprint density at radius 2 is 2.00 bits per heavy atom. The number of carbonyl (C=O) groups excluding carboxylic acids is 1. The van der Waals surface area contributed by atoms with Crippen LogP contribution in [0.5, 0.6) is 0 Å². The molecule has 0 radical (unpaired) electrons. The first-order valence-corrected chi connectivity index (χ1v) is 5.99. The number of hydrogen-bond acceptors (Lipinski definition) is 3. The van der Waals surface area contributed by atoms with Crippen LogP contribution in [0.3, 0.4) is 0 Å². The van der Waals surface area contributed by atoms with E-state index in [2.05, 4.69) is 20.9 Å². The highest BCUT2D eigenvalue weighted by Crippen LogP contribution is 2.22. The van der Waals surface area contributed by atoms with E-state index in [4.69, 9.17) is 0 Å². The molecule has 0 unspecified atom stereocenters. The average Bonchev–Trinajstić information content (AvgIpc) is 2.56. The van der Waals surface area contributed by atoms with Crippen molar-refractivity contribution in [2.75, 3.05) is 5.75 Å². The van der Waals surface area contributed by atoms with E-state index in [0.29, 0.717) is 6.42 Å². The van der Waals surface area contributed by atoms with Gasteiger partial charge in [0.05, 0.1) is 12.1 Å². The van der Waals surface area contributed by atoms with Crippen LogP contribution < -0.4 is 0 Å². The summed E-state index contributed by atoms with van der Waals surface area (Å²) in [6, 6.07) is 7.77. The zero-order chi connectivity index (χ0) is 9.97. The lowest BCUT2D eigenvalue weighted by Gasteiger charge is -1.95. The van der Waals surface area contributed by atoms with Gasteiger partial charge in [0.25, 0.3) is 0 Å². The van der Waals surface area contributed by atoms with E-state index >= 15 is 0 Å². The number of benzene rings is 1. The molecule has 2 nitrogen and oxygen atoms in total. The Balaban J connectivity index is 2.17. The topological polar surface area (TPSA) is 29.4 Å². The minimum atomic E-state index is 0.223. The molecule has 0 atom stereocenters. The van der Waals surface area contributed by atoms with Crippen LogP contribution in [0.4, 0.5) is 5.69 Å². The third-order valence-corrected chi connectivity index (χ3v) is 3.33. The molecule has 0 saturated carbocycles. The molecule has 0 bridgehead atoms. The van der Waals surface area contributed by atoms with Crippen LogP contribution in [0, 0.1) is 0 Å². The molecule has 72 valence electrons. The maximum atomic E-state index is 11.0. The van der Waals surface area contributed by atoms with Crippen molar-refractivity contribution >= 4 is 44.2 Å². The van der Waals surface area contributed by atoms with Crippen LogP contribution in [-0.4, -0.2) is 16.6 Å². The van der Waals surface area contributed by atoms with Crippen molar-refractivity contribution in [3.05, 3.63) is 28.7 Å². The van der Waals surface area contributed by atoms with Crippen molar-refractivity contribution in [2.24, 2.45) is 4.99 Å². The van der Waals surface area contributed by atoms with Crippen molar-refractivity contribution in [1.29, 1.82) is 0 Å². The minimum Gasteiger partial charge on any atom is -0.287 e. The van der Waals surface area contributed by atoms with Gasteiger partial charge in [-0.1, -0.05) is 27.7 Å². The van der Waals surface area contributed by atoms with Crippen molar-refractivity contribution in [3.63, 3.8) is 0 Å². The van der Waals surface area contributed by atoms with Crippen LogP contribution in [0.2, 0.25) is 0 Å². The summed E-state index contributed by atoms with van der Waals surface area (Å²) in [6.45, 7) is 0. The molecular formula is C10H8BrNOS. The summed E-state index contributed by atoms with van der Waals surface area (Å²) in [7, 11) is 0. The maximum Gasteiger partial charge on any atom is 0.194 e. The molecule has 1 fully saturated rings. The van der Waals surface area contributed by atoms with Gasteiger partial charge in [0, 0.05) is 15.9 Å². The Bertz CT molecular complexity index is 386. The van der Waals surface area contributed by atoms with Gasteiger partial charge >= 0.3 is 0 Å². The molecular weight excluding hydrogens is 262 g/mol. The second-order valence-corrected chi connectivity index (χ2v) is 4.94. The minimum absolute atomic E-state index is 0.223. The van der Waals surface area contributed by atoms with Crippen molar-refractivity contribution in [3.8, 4) is 0 Å². The predicted octanol–water partition coefficient (Wildman–Crippen LogP) is 3.19. The Kier molecular flexibility index (Phi) is 3.03. The lowest BCUT2D eigenvalue weighted by atomic mass is 10.3. The van der Waals surface area contributed by atoms with Crippen molar-refractivity contribution in [2.45, 2.75) is 6.42 Å². The molecule has 0 aromatic heterocycles. The number of rotatable bonds is 1. The quantitative estimate of drug-likeness (QED) is 0.784. The average molecular weight is 270 g/mol. The van der Waals surface area contributed by atoms with Gasteiger partial charge in [-0.3, -0.25) is 9.79 Å². The molecule has 2 rings (SSSR count). The molecule has 0 amide bonds. The fourth-order valence-electron chi connectivity index (χ4n) is 1.20. The largest absolute Gasteiger partial charge is 0.287 e. The van der Waals surface area contributed by atoms with E-state index in [1.807, 2.05) is 24.3 Å². The highest BCUT2D eigenvalue weighted by atomic mass is 79.9. The first-order chi connectivity index (χ1) is 6.74. The molecule has 0 aliphatic carbocycles. The molecule has 1 saturated heterocycles. The number of aliphatic imine (C=N–C) groups is 1. The summed E-state index contributed by atoms with van der Waals surface area (Å²) in [6.07, 6.45) is 0.501. The fourth-order valence-corrected chi connectivity index (χ4v) is 2.23. The number of thioether (sulfide) groups is 1. The highest BCUT2D eigenvalue weighted by molar-refractivity contribution is 9.10. The summed E-state index contributed by atoms with van der Waals surface area (Å²) in [5.74, 6) is 0.745. The zero-order valence-corrected chi connectivity index (χ0v) is 9.77. The molecule has 1 aromatic rings. The Hall–Kier alpha value is -0.610. The Morgan fingerprint density at radius 3 is 2.57 bits per heavy atom. The SMILES string of the molecule is O=C1CC(=Nc2ccc(Br)cc2)CS1. The zero-order valence-electron chi connectivity index (χ0n) is 7.37. The highest BCUT2D eigenvalue weighted by Gasteiger charge is 2.17. The van der Waals surface area contributed by atoms with Gasteiger partial charge in [-0.2, -0.15) is 0 Å². The van der Waals surface area contributed by atoms with Gasteiger partial charge in [-0.25, -0.2) is 0 Å². The molecule has 4 heteroatoms. The van der Waals surface area contributed by atoms with Crippen LogP contribution in [0.25, 0.3) is 0 Å².